The molecule has 1 heterocycles. The van der Waals surface area contributed by atoms with E-state index >= 15 is 0 Å². The highest BCUT2D eigenvalue weighted by atomic mass is 127. The minimum atomic E-state index is -0.379. The van der Waals surface area contributed by atoms with Crippen LogP contribution in [0, 0.1) is 11.7 Å². The number of pyridine rings is 1. The molecule has 2 aromatic rings. The largest absolute Gasteiger partial charge is 0.494 e. The smallest absolute Gasteiger partial charge is 0.213 e. The Morgan fingerprint density at radius 3 is 2.77 bits per heavy atom. The molecule has 3 rings (SSSR count). The third kappa shape index (κ3) is 7.30. The third-order valence-corrected chi connectivity index (χ3v) is 4.76. The van der Waals surface area contributed by atoms with Crippen LogP contribution in [0.2, 0.25) is 0 Å². The summed E-state index contributed by atoms with van der Waals surface area (Å²) in [5, 5.41) is 6.54. The number of guanidine groups is 1. The Bertz CT molecular complexity index is 846. The van der Waals surface area contributed by atoms with Crippen molar-refractivity contribution in [3.63, 3.8) is 0 Å². The first-order valence-corrected chi connectivity index (χ1v) is 10.0. The van der Waals surface area contributed by atoms with Gasteiger partial charge < -0.3 is 20.1 Å². The van der Waals surface area contributed by atoms with Crippen molar-refractivity contribution in [2.45, 2.75) is 39.3 Å². The average Bonchev–Trinajstić information content (AvgIpc) is 3.55. The molecule has 0 amide bonds. The summed E-state index contributed by atoms with van der Waals surface area (Å²) in [7, 11) is 1.46. The van der Waals surface area contributed by atoms with Gasteiger partial charge >= 0.3 is 0 Å². The Hall–Kier alpha value is -2.10. The number of ether oxygens (including phenoxy) is 2. The topological polar surface area (TPSA) is 67.8 Å². The first-order chi connectivity index (χ1) is 14.1. The lowest BCUT2D eigenvalue weighted by molar-refractivity contribution is 0.288. The number of halogens is 2. The minimum Gasteiger partial charge on any atom is -0.494 e. The molecule has 1 aliphatic rings. The number of methoxy groups -OCH3 is 1. The summed E-state index contributed by atoms with van der Waals surface area (Å²) in [4.78, 5) is 8.91. The minimum absolute atomic E-state index is 0. The van der Waals surface area contributed by atoms with Crippen molar-refractivity contribution in [3.8, 4) is 11.6 Å². The van der Waals surface area contributed by atoms with E-state index in [2.05, 4.69) is 20.6 Å². The number of aromatic nitrogens is 1. The molecule has 2 N–H and O–H groups in total. The fourth-order valence-electron chi connectivity index (χ4n) is 2.85. The van der Waals surface area contributed by atoms with Crippen LogP contribution in [0.1, 0.15) is 43.9 Å². The number of rotatable bonds is 9. The number of hydrogen-bond donors (Lipinski definition) is 2. The maximum Gasteiger partial charge on any atom is 0.213 e. The van der Waals surface area contributed by atoms with Gasteiger partial charge in [-0.1, -0.05) is 6.07 Å². The van der Waals surface area contributed by atoms with E-state index in [0.29, 0.717) is 24.3 Å². The molecule has 0 bridgehead atoms. The molecule has 1 fully saturated rings. The lowest BCUT2D eigenvalue weighted by atomic mass is 10.1. The molecule has 1 aliphatic carbocycles. The van der Waals surface area contributed by atoms with E-state index in [4.69, 9.17) is 9.47 Å². The van der Waals surface area contributed by atoms with Crippen molar-refractivity contribution in [2.75, 3.05) is 20.3 Å². The molecule has 164 valence electrons. The van der Waals surface area contributed by atoms with Gasteiger partial charge in [-0.3, -0.25) is 0 Å². The fraction of sp³-hybridized carbons (Fsp3) is 0.455. The van der Waals surface area contributed by atoms with Crippen LogP contribution < -0.4 is 20.1 Å². The van der Waals surface area contributed by atoms with E-state index in [9.17, 15) is 4.39 Å². The van der Waals surface area contributed by atoms with Crippen LogP contribution >= 0.6 is 24.0 Å². The van der Waals surface area contributed by atoms with Gasteiger partial charge in [0.05, 0.1) is 26.3 Å². The zero-order valence-corrected chi connectivity index (χ0v) is 20.0. The Balaban J connectivity index is 0.00000320. The highest BCUT2D eigenvalue weighted by Crippen LogP contribution is 2.29. The second-order valence-electron chi connectivity index (χ2n) is 7.21. The third-order valence-electron chi connectivity index (χ3n) is 4.76. The monoisotopic (exact) mass is 528 g/mol. The SMILES string of the molecule is CCNC(=NCc1ccnc(OCC2CC2)c1)NC(C)c1ccc(OC)c(F)c1.I. The molecule has 1 unspecified atom stereocenters. The van der Waals surface area contributed by atoms with Crippen LogP contribution in [0.15, 0.2) is 41.5 Å². The molecule has 1 saturated carbocycles. The van der Waals surface area contributed by atoms with Gasteiger partial charge in [-0.25, -0.2) is 14.4 Å². The molecular weight excluding hydrogens is 498 g/mol. The molecule has 8 heteroatoms. The molecule has 0 aliphatic heterocycles. The Labute approximate surface area is 194 Å². The van der Waals surface area contributed by atoms with Crippen LogP contribution in [0.25, 0.3) is 0 Å². The molecule has 1 aromatic heterocycles. The van der Waals surface area contributed by atoms with Crippen molar-refractivity contribution in [1.82, 2.24) is 15.6 Å². The van der Waals surface area contributed by atoms with Gasteiger partial charge in [0.1, 0.15) is 0 Å². The zero-order valence-electron chi connectivity index (χ0n) is 17.7. The Kier molecular flexibility index (Phi) is 9.61. The second kappa shape index (κ2) is 11.9. The summed E-state index contributed by atoms with van der Waals surface area (Å²) >= 11 is 0. The van der Waals surface area contributed by atoms with Crippen LogP contribution in [0.5, 0.6) is 11.6 Å². The van der Waals surface area contributed by atoms with Crippen molar-refractivity contribution in [1.29, 1.82) is 0 Å². The predicted octanol–water partition coefficient (Wildman–Crippen LogP) is 4.45. The standard InChI is InChI=1S/C22H29FN4O2.HI/c1-4-24-22(27-15(2)18-7-8-20(28-3)19(23)12-18)26-13-17-9-10-25-21(11-17)29-14-16-5-6-16;/h7-12,15-16H,4-6,13-14H2,1-3H3,(H2,24,26,27);1H. The van der Waals surface area contributed by atoms with Crippen molar-refractivity contribution in [3.05, 3.63) is 53.5 Å². The van der Waals surface area contributed by atoms with E-state index in [1.165, 1.54) is 26.0 Å². The number of hydrogen-bond acceptors (Lipinski definition) is 4. The van der Waals surface area contributed by atoms with Crippen LogP contribution in [-0.2, 0) is 6.54 Å². The van der Waals surface area contributed by atoms with Crippen LogP contribution in [0.4, 0.5) is 4.39 Å². The van der Waals surface area contributed by atoms with Gasteiger partial charge in [-0.05, 0) is 61.9 Å². The Morgan fingerprint density at radius 1 is 1.30 bits per heavy atom. The highest BCUT2D eigenvalue weighted by molar-refractivity contribution is 14.0. The Morgan fingerprint density at radius 2 is 2.10 bits per heavy atom. The van der Waals surface area contributed by atoms with Gasteiger partial charge in [0, 0.05) is 18.8 Å². The summed E-state index contributed by atoms with van der Waals surface area (Å²) in [5.74, 6) is 1.85. The van der Waals surface area contributed by atoms with E-state index in [0.717, 1.165) is 24.3 Å². The van der Waals surface area contributed by atoms with Crippen molar-refractivity contribution < 1.29 is 13.9 Å². The quantitative estimate of drug-likeness (QED) is 0.286. The number of nitrogens with one attached hydrogen (secondary N) is 2. The molecule has 0 saturated heterocycles. The molecule has 1 aromatic carbocycles. The lowest BCUT2D eigenvalue weighted by Gasteiger charge is -2.18. The molecule has 1 atom stereocenters. The molecule has 6 nitrogen and oxygen atoms in total. The first-order valence-electron chi connectivity index (χ1n) is 10.0. The van der Waals surface area contributed by atoms with E-state index in [1.807, 2.05) is 32.0 Å². The van der Waals surface area contributed by atoms with Crippen molar-refractivity contribution in [2.24, 2.45) is 10.9 Å². The summed E-state index contributed by atoms with van der Waals surface area (Å²) in [6.45, 7) is 5.92. The molecule has 0 radical (unpaired) electrons. The maximum atomic E-state index is 14.0. The number of benzene rings is 1. The summed E-state index contributed by atoms with van der Waals surface area (Å²) in [5.41, 5.74) is 1.83. The highest BCUT2D eigenvalue weighted by Gasteiger charge is 2.22. The fourth-order valence-corrected chi connectivity index (χ4v) is 2.85. The maximum absolute atomic E-state index is 14.0. The molecular formula is C22H30FIN4O2. The van der Waals surface area contributed by atoms with Gasteiger partial charge in [0.25, 0.3) is 0 Å². The van der Waals surface area contributed by atoms with Gasteiger partial charge in [-0.2, -0.15) is 0 Å². The lowest BCUT2D eigenvalue weighted by Crippen LogP contribution is -2.38. The van der Waals surface area contributed by atoms with E-state index < -0.39 is 0 Å². The molecule has 30 heavy (non-hydrogen) atoms. The van der Waals surface area contributed by atoms with E-state index in [1.54, 1.807) is 12.3 Å². The first kappa shape index (κ1) is 24.2. The molecule has 0 spiro atoms. The summed E-state index contributed by atoms with van der Waals surface area (Å²) < 4.78 is 24.7. The van der Waals surface area contributed by atoms with Gasteiger partial charge in [0.15, 0.2) is 17.5 Å². The van der Waals surface area contributed by atoms with Crippen LogP contribution in [0.3, 0.4) is 0 Å². The summed E-state index contributed by atoms with van der Waals surface area (Å²) in [6, 6.07) is 8.69. The average molecular weight is 528 g/mol. The normalized spacial score (nSPS) is 14.5. The second-order valence-corrected chi connectivity index (χ2v) is 7.21. The van der Waals surface area contributed by atoms with E-state index in [-0.39, 0.29) is 41.6 Å². The van der Waals surface area contributed by atoms with Gasteiger partial charge in [0.2, 0.25) is 5.88 Å². The summed E-state index contributed by atoms with van der Waals surface area (Å²) in [6.07, 6.45) is 4.24. The van der Waals surface area contributed by atoms with Crippen molar-refractivity contribution >= 4 is 29.9 Å². The zero-order chi connectivity index (χ0) is 20.6. The van der Waals surface area contributed by atoms with Crippen LogP contribution in [-0.4, -0.2) is 31.2 Å². The van der Waals surface area contributed by atoms with Gasteiger partial charge in [-0.15, -0.1) is 24.0 Å². The number of aliphatic imine (C=N–C) groups is 1. The number of nitrogens with zero attached hydrogens (tertiary/aromatic N) is 2. The predicted molar refractivity (Wildman–Crippen MR) is 127 cm³/mol.